The Morgan fingerprint density at radius 2 is 1.28 bits per heavy atom. The third-order valence-corrected chi connectivity index (χ3v) is 6.47. The zero-order chi connectivity index (χ0) is 19.8. The SMILES string of the molecule is O=C1CCc2cc(N3CCC3)ccc21.O=C1NCCc2cc(N3CCC3)ccc21. The van der Waals surface area contributed by atoms with E-state index in [2.05, 4.69) is 39.4 Å². The van der Waals surface area contributed by atoms with Crippen LogP contribution in [0.4, 0.5) is 11.4 Å². The van der Waals surface area contributed by atoms with Crippen molar-refractivity contribution in [2.45, 2.75) is 32.1 Å². The van der Waals surface area contributed by atoms with Gasteiger partial charge in [-0.1, -0.05) is 0 Å². The van der Waals surface area contributed by atoms with Crippen molar-refractivity contribution in [2.75, 3.05) is 42.5 Å². The van der Waals surface area contributed by atoms with Crippen molar-refractivity contribution < 1.29 is 9.59 Å². The molecular formula is C24H27N3O2. The van der Waals surface area contributed by atoms with Crippen molar-refractivity contribution in [3.8, 4) is 0 Å². The molecule has 150 valence electrons. The second-order valence-corrected chi connectivity index (χ2v) is 8.29. The summed E-state index contributed by atoms with van der Waals surface area (Å²) < 4.78 is 0. The van der Waals surface area contributed by atoms with E-state index in [0.717, 1.165) is 43.6 Å². The zero-order valence-corrected chi connectivity index (χ0v) is 16.7. The largest absolute Gasteiger partial charge is 0.371 e. The molecule has 4 aliphatic rings. The zero-order valence-electron chi connectivity index (χ0n) is 16.7. The Labute approximate surface area is 171 Å². The minimum atomic E-state index is 0.0754. The Hall–Kier alpha value is -2.82. The smallest absolute Gasteiger partial charge is 0.251 e. The van der Waals surface area contributed by atoms with Gasteiger partial charge >= 0.3 is 0 Å². The van der Waals surface area contributed by atoms with Gasteiger partial charge in [0.05, 0.1) is 0 Å². The Morgan fingerprint density at radius 3 is 1.86 bits per heavy atom. The Kier molecular flexibility index (Phi) is 4.74. The third kappa shape index (κ3) is 3.50. The quantitative estimate of drug-likeness (QED) is 0.857. The molecule has 6 rings (SSSR count). The number of anilines is 2. The molecule has 2 aromatic carbocycles. The van der Waals surface area contributed by atoms with Crippen LogP contribution in [0, 0.1) is 0 Å². The molecule has 0 atom stereocenters. The van der Waals surface area contributed by atoms with Crippen molar-refractivity contribution in [3.63, 3.8) is 0 Å². The van der Waals surface area contributed by atoms with E-state index < -0.39 is 0 Å². The van der Waals surface area contributed by atoms with Crippen molar-refractivity contribution in [2.24, 2.45) is 0 Å². The molecule has 0 saturated carbocycles. The molecule has 2 aromatic rings. The van der Waals surface area contributed by atoms with E-state index in [0.29, 0.717) is 12.2 Å². The van der Waals surface area contributed by atoms with Gasteiger partial charge in [-0.15, -0.1) is 0 Å². The molecule has 3 aliphatic heterocycles. The summed E-state index contributed by atoms with van der Waals surface area (Å²) in [7, 11) is 0. The molecule has 2 fully saturated rings. The molecule has 0 bridgehead atoms. The summed E-state index contributed by atoms with van der Waals surface area (Å²) in [5, 5.41) is 2.86. The number of ketones is 1. The van der Waals surface area contributed by atoms with Crippen molar-refractivity contribution in [3.05, 3.63) is 58.7 Å². The van der Waals surface area contributed by atoms with Crippen molar-refractivity contribution in [1.29, 1.82) is 0 Å². The molecule has 2 saturated heterocycles. The van der Waals surface area contributed by atoms with Gasteiger partial charge in [0, 0.05) is 61.6 Å². The minimum Gasteiger partial charge on any atom is -0.371 e. The first-order valence-electron chi connectivity index (χ1n) is 10.8. The number of Topliss-reactive ketones (excluding diaryl/α,β-unsaturated/α-hetero) is 1. The average molecular weight is 389 g/mol. The van der Waals surface area contributed by atoms with Crippen molar-refractivity contribution >= 4 is 23.1 Å². The fraction of sp³-hybridized carbons (Fsp3) is 0.417. The summed E-state index contributed by atoms with van der Waals surface area (Å²) in [6.45, 7) is 5.44. The van der Waals surface area contributed by atoms with Gasteiger partial charge in [-0.2, -0.15) is 0 Å². The van der Waals surface area contributed by atoms with Gasteiger partial charge in [0.15, 0.2) is 5.78 Å². The third-order valence-electron chi connectivity index (χ3n) is 6.47. The maximum Gasteiger partial charge on any atom is 0.251 e. The molecule has 5 heteroatoms. The number of rotatable bonds is 2. The Morgan fingerprint density at radius 1 is 0.690 bits per heavy atom. The lowest BCUT2D eigenvalue weighted by molar-refractivity contribution is 0.0944. The van der Waals surface area contributed by atoms with Crippen LogP contribution in [-0.2, 0) is 12.8 Å². The van der Waals surface area contributed by atoms with E-state index in [9.17, 15) is 9.59 Å². The number of carbonyl (C=O) groups excluding carboxylic acids is 2. The molecule has 0 radical (unpaired) electrons. The summed E-state index contributed by atoms with van der Waals surface area (Å²) in [6.07, 6.45) is 5.20. The highest BCUT2D eigenvalue weighted by Gasteiger charge is 2.22. The maximum atomic E-state index is 11.5. The number of hydrogen-bond donors (Lipinski definition) is 1. The molecule has 1 amide bonds. The topological polar surface area (TPSA) is 52.7 Å². The van der Waals surface area contributed by atoms with Crippen LogP contribution in [0.3, 0.4) is 0 Å². The van der Waals surface area contributed by atoms with Gasteiger partial charge in [0.25, 0.3) is 5.91 Å². The van der Waals surface area contributed by atoms with E-state index >= 15 is 0 Å². The first-order valence-corrected chi connectivity index (χ1v) is 10.8. The van der Waals surface area contributed by atoms with E-state index in [1.807, 2.05) is 12.1 Å². The van der Waals surface area contributed by atoms with Crippen molar-refractivity contribution in [1.82, 2.24) is 5.32 Å². The molecule has 3 heterocycles. The summed E-state index contributed by atoms with van der Waals surface area (Å²) in [5.74, 6) is 0.390. The number of benzene rings is 2. The molecule has 0 aromatic heterocycles. The maximum absolute atomic E-state index is 11.5. The van der Waals surface area contributed by atoms with Crippen LogP contribution >= 0.6 is 0 Å². The molecule has 1 N–H and O–H groups in total. The molecule has 29 heavy (non-hydrogen) atoms. The van der Waals surface area contributed by atoms with Gasteiger partial charge < -0.3 is 15.1 Å². The first kappa shape index (κ1) is 18.2. The summed E-state index contributed by atoms with van der Waals surface area (Å²) in [4.78, 5) is 27.7. The highest BCUT2D eigenvalue weighted by Crippen LogP contribution is 2.29. The number of hydrogen-bond acceptors (Lipinski definition) is 4. The number of aryl methyl sites for hydroxylation is 1. The van der Waals surface area contributed by atoms with Gasteiger partial charge in [-0.05, 0) is 73.2 Å². The van der Waals surface area contributed by atoms with Crippen LogP contribution in [0.15, 0.2) is 36.4 Å². The predicted molar refractivity (Wildman–Crippen MR) is 115 cm³/mol. The van der Waals surface area contributed by atoms with Crippen LogP contribution in [0.5, 0.6) is 0 Å². The van der Waals surface area contributed by atoms with Crippen LogP contribution < -0.4 is 15.1 Å². The fourth-order valence-electron chi connectivity index (χ4n) is 4.40. The average Bonchev–Trinajstić information content (AvgIpc) is 3.00. The molecule has 5 nitrogen and oxygen atoms in total. The molecule has 0 unspecified atom stereocenters. The highest BCUT2D eigenvalue weighted by atomic mass is 16.1. The summed E-state index contributed by atoms with van der Waals surface area (Å²) in [5.41, 5.74) is 6.82. The lowest BCUT2D eigenvalue weighted by atomic mass is 9.99. The second kappa shape index (κ2) is 7.54. The van der Waals surface area contributed by atoms with E-state index in [1.165, 1.54) is 48.4 Å². The standard InChI is InChI=1S/C12H14N2O.C12H13NO/c15-12-11-3-2-10(14-6-1-7-14)8-9(11)4-5-13-12;14-12-5-2-9-8-10(3-4-11(9)12)13-6-1-7-13/h2-3,8H,1,4-7H2,(H,13,15);3-4,8H,1-2,5-7H2. The molecule has 0 spiro atoms. The van der Waals surface area contributed by atoms with Crippen LogP contribution in [-0.4, -0.2) is 44.4 Å². The minimum absolute atomic E-state index is 0.0754. The lowest BCUT2D eigenvalue weighted by Gasteiger charge is -2.34. The van der Waals surface area contributed by atoms with Gasteiger partial charge in [-0.25, -0.2) is 0 Å². The molecular weight excluding hydrogens is 362 g/mol. The summed E-state index contributed by atoms with van der Waals surface area (Å²) >= 11 is 0. The fourth-order valence-corrected chi connectivity index (χ4v) is 4.40. The van der Waals surface area contributed by atoms with Gasteiger partial charge in [-0.3, -0.25) is 9.59 Å². The Bertz CT molecular complexity index is 961. The number of amides is 1. The lowest BCUT2D eigenvalue weighted by Crippen LogP contribution is -2.37. The highest BCUT2D eigenvalue weighted by molar-refractivity contribution is 6.00. The number of fused-ring (bicyclic) bond motifs is 2. The number of nitrogens with zero attached hydrogens (tertiary/aromatic N) is 2. The predicted octanol–water partition coefficient (Wildman–Crippen LogP) is 3.21. The monoisotopic (exact) mass is 389 g/mol. The van der Waals surface area contributed by atoms with Crippen LogP contribution in [0.1, 0.15) is 51.1 Å². The molecule has 1 aliphatic carbocycles. The van der Waals surface area contributed by atoms with E-state index in [-0.39, 0.29) is 5.91 Å². The van der Waals surface area contributed by atoms with Crippen LogP contribution in [0.25, 0.3) is 0 Å². The van der Waals surface area contributed by atoms with Gasteiger partial charge in [0.2, 0.25) is 0 Å². The van der Waals surface area contributed by atoms with Gasteiger partial charge in [0.1, 0.15) is 0 Å². The second-order valence-electron chi connectivity index (χ2n) is 8.29. The Balaban J connectivity index is 0.000000125. The summed E-state index contributed by atoms with van der Waals surface area (Å²) in [6, 6.07) is 12.5. The van der Waals surface area contributed by atoms with Crippen LogP contribution in [0.2, 0.25) is 0 Å². The first-order chi connectivity index (χ1) is 14.2. The van der Waals surface area contributed by atoms with E-state index in [4.69, 9.17) is 0 Å². The van der Waals surface area contributed by atoms with E-state index in [1.54, 1.807) is 0 Å². The number of carbonyl (C=O) groups is 2. The normalized spacial score (nSPS) is 19.3. The number of nitrogens with one attached hydrogen (secondary N) is 1.